The van der Waals surface area contributed by atoms with Gasteiger partial charge in [0.2, 0.25) is 0 Å². The van der Waals surface area contributed by atoms with Crippen molar-refractivity contribution in [1.29, 1.82) is 0 Å². The molecule has 1 atom stereocenters. The molecule has 1 unspecified atom stereocenters. The highest BCUT2D eigenvalue weighted by atomic mass is 32.2. The third-order valence-electron chi connectivity index (χ3n) is 1.60. The number of rotatable bonds is 7. The van der Waals surface area contributed by atoms with Gasteiger partial charge in [-0.3, -0.25) is 9.59 Å². The first kappa shape index (κ1) is 17.1. The Morgan fingerprint density at radius 2 is 1.80 bits per heavy atom. The second-order valence-electron chi connectivity index (χ2n) is 2.98. The molecule has 0 amide bonds. The van der Waals surface area contributed by atoms with E-state index in [4.69, 9.17) is 0 Å². The Morgan fingerprint density at radius 3 is 2.13 bits per heavy atom. The first-order chi connectivity index (χ1) is 7.07. The van der Waals surface area contributed by atoms with Crippen molar-refractivity contribution in [2.45, 2.75) is 39.4 Å². The van der Waals surface area contributed by atoms with E-state index < -0.39 is 0 Å². The van der Waals surface area contributed by atoms with Crippen LogP contribution in [0.25, 0.3) is 0 Å². The van der Waals surface area contributed by atoms with Gasteiger partial charge in [-0.1, -0.05) is 13.8 Å². The van der Waals surface area contributed by atoms with E-state index in [1.165, 1.54) is 6.92 Å². The SMILES string of the molecule is CC.CNCCSC(CC(C)=O)C(C)=O. The molecular weight excluding hydrogens is 210 g/mol. The molecule has 0 aliphatic carbocycles. The Bertz CT molecular complexity index is 183. The average Bonchev–Trinajstić information content (AvgIpc) is 2.19. The van der Waals surface area contributed by atoms with Gasteiger partial charge in [-0.05, 0) is 20.9 Å². The number of hydrogen-bond donors (Lipinski definition) is 1. The van der Waals surface area contributed by atoms with Gasteiger partial charge < -0.3 is 5.32 Å². The monoisotopic (exact) mass is 233 g/mol. The molecule has 90 valence electrons. The highest BCUT2D eigenvalue weighted by Gasteiger charge is 2.15. The Hall–Kier alpha value is -0.350. The molecule has 15 heavy (non-hydrogen) atoms. The summed E-state index contributed by atoms with van der Waals surface area (Å²) < 4.78 is 0. The highest BCUT2D eigenvalue weighted by Crippen LogP contribution is 2.15. The van der Waals surface area contributed by atoms with Crippen LogP contribution in [0.2, 0.25) is 0 Å². The maximum Gasteiger partial charge on any atom is 0.143 e. The number of ketones is 2. The molecule has 3 nitrogen and oxygen atoms in total. The van der Waals surface area contributed by atoms with Crippen LogP contribution in [-0.2, 0) is 9.59 Å². The van der Waals surface area contributed by atoms with Crippen LogP contribution in [0.1, 0.15) is 34.1 Å². The van der Waals surface area contributed by atoms with Crippen molar-refractivity contribution < 1.29 is 9.59 Å². The van der Waals surface area contributed by atoms with Gasteiger partial charge in [-0.25, -0.2) is 0 Å². The number of carbonyl (C=O) groups is 2. The van der Waals surface area contributed by atoms with Gasteiger partial charge in [0.15, 0.2) is 0 Å². The maximum absolute atomic E-state index is 11.1. The normalized spacial score (nSPS) is 11.3. The fourth-order valence-electron chi connectivity index (χ4n) is 0.884. The van der Waals surface area contributed by atoms with E-state index in [1.54, 1.807) is 18.7 Å². The number of nitrogens with one attached hydrogen (secondary N) is 1. The first-order valence-corrected chi connectivity index (χ1v) is 6.39. The van der Waals surface area contributed by atoms with Crippen LogP contribution >= 0.6 is 11.8 Å². The summed E-state index contributed by atoms with van der Waals surface area (Å²) in [6.45, 7) is 7.93. The van der Waals surface area contributed by atoms with Gasteiger partial charge in [-0.15, -0.1) is 11.8 Å². The molecule has 0 aromatic carbocycles. The molecule has 0 aliphatic rings. The van der Waals surface area contributed by atoms with Gasteiger partial charge in [0.25, 0.3) is 0 Å². The van der Waals surface area contributed by atoms with Crippen LogP contribution in [0.15, 0.2) is 0 Å². The van der Waals surface area contributed by atoms with Gasteiger partial charge in [-0.2, -0.15) is 0 Å². The lowest BCUT2D eigenvalue weighted by Crippen LogP contribution is -2.20. The van der Waals surface area contributed by atoms with Crippen molar-refractivity contribution in [3.8, 4) is 0 Å². The van der Waals surface area contributed by atoms with Gasteiger partial charge >= 0.3 is 0 Å². The summed E-state index contributed by atoms with van der Waals surface area (Å²) in [5.74, 6) is 1.04. The van der Waals surface area contributed by atoms with Gasteiger partial charge in [0.05, 0.1) is 5.25 Å². The molecule has 0 saturated carbocycles. The van der Waals surface area contributed by atoms with Gasteiger partial charge in [0.1, 0.15) is 11.6 Å². The largest absolute Gasteiger partial charge is 0.319 e. The van der Waals surface area contributed by atoms with Crippen molar-refractivity contribution in [3.63, 3.8) is 0 Å². The van der Waals surface area contributed by atoms with E-state index in [1.807, 2.05) is 20.9 Å². The number of thioether (sulfide) groups is 1. The molecule has 0 fully saturated rings. The summed E-state index contributed by atoms with van der Waals surface area (Å²) in [4.78, 5) is 21.9. The van der Waals surface area contributed by atoms with Crippen LogP contribution in [0.5, 0.6) is 0 Å². The summed E-state index contributed by atoms with van der Waals surface area (Å²) >= 11 is 1.55. The summed E-state index contributed by atoms with van der Waals surface area (Å²) in [7, 11) is 1.87. The van der Waals surface area contributed by atoms with Crippen molar-refractivity contribution in [2.75, 3.05) is 19.3 Å². The predicted octanol–water partition coefficient (Wildman–Crippen LogP) is 1.90. The minimum atomic E-state index is -0.147. The molecule has 1 N–H and O–H groups in total. The van der Waals surface area contributed by atoms with Crippen LogP contribution in [0, 0.1) is 0 Å². The lowest BCUT2D eigenvalue weighted by molar-refractivity contribution is -0.121. The van der Waals surface area contributed by atoms with Crippen molar-refractivity contribution in [2.24, 2.45) is 0 Å². The molecule has 0 bridgehead atoms. The Balaban J connectivity index is 0. The third-order valence-corrected chi connectivity index (χ3v) is 2.94. The molecule has 0 aliphatic heterocycles. The third kappa shape index (κ3) is 11.6. The van der Waals surface area contributed by atoms with Crippen LogP contribution in [0.4, 0.5) is 0 Å². The second-order valence-corrected chi connectivity index (χ2v) is 4.29. The molecular formula is C11H23NO2S. The molecule has 0 rings (SSSR count). The number of carbonyl (C=O) groups excluding carboxylic acids is 2. The Kier molecular flexibility index (Phi) is 13.3. The maximum atomic E-state index is 11.1. The summed E-state index contributed by atoms with van der Waals surface area (Å²) in [5, 5.41) is 2.85. The Labute approximate surface area is 97.4 Å². The van der Waals surface area contributed by atoms with Crippen molar-refractivity contribution >= 4 is 23.3 Å². The molecule has 0 aromatic heterocycles. The van der Waals surface area contributed by atoms with E-state index in [-0.39, 0.29) is 16.8 Å². The second kappa shape index (κ2) is 11.7. The van der Waals surface area contributed by atoms with Crippen LogP contribution in [0.3, 0.4) is 0 Å². The quantitative estimate of drug-likeness (QED) is 0.682. The minimum Gasteiger partial charge on any atom is -0.319 e. The lowest BCUT2D eigenvalue weighted by atomic mass is 10.2. The zero-order valence-corrected chi connectivity index (χ0v) is 11.2. The van der Waals surface area contributed by atoms with E-state index in [0.29, 0.717) is 6.42 Å². The van der Waals surface area contributed by atoms with Gasteiger partial charge in [0, 0.05) is 18.7 Å². The first-order valence-electron chi connectivity index (χ1n) is 5.34. The van der Waals surface area contributed by atoms with E-state index in [2.05, 4.69) is 5.32 Å². The average molecular weight is 233 g/mol. The summed E-state index contributed by atoms with van der Waals surface area (Å²) in [6, 6.07) is 0. The molecule has 0 aromatic rings. The zero-order chi connectivity index (χ0) is 12.3. The zero-order valence-electron chi connectivity index (χ0n) is 10.4. The number of hydrogen-bond acceptors (Lipinski definition) is 4. The fraction of sp³-hybridized carbons (Fsp3) is 0.818. The standard InChI is InChI=1S/C9H17NO2S.C2H6/c1-7(11)6-9(8(2)12)13-5-4-10-3;1-2/h9-10H,4-6H2,1-3H3;1-2H3. The van der Waals surface area contributed by atoms with E-state index >= 15 is 0 Å². The smallest absolute Gasteiger partial charge is 0.143 e. The molecule has 0 saturated heterocycles. The summed E-state index contributed by atoms with van der Waals surface area (Å²) in [5.41, 5.74) is 0. The van der Waals surface area contributed by atoms with Crippen LogP contribution < -0.4 is 5.32 Å². The molecule has 4 heteroatoms. The molecule has 0 radical (unpaired) electrons. The van der Waals surface area contributed by atoms with Crippen LogP contribution in [-0.4, -0.2) is 36.2 Å². The Morgan fingerprint density at radius 1 is 1.27 bits per heavy atom. The highest BCUT2D eigenvalue weighted by molar-refractivity contribution is 8.00. The molecule has 0 spiro atoms. The van der Waals surface area contributed by atoms with E-state index in [9.17, 15) is 9.59 Å². The fourth-order valence-corrected chi connectivity index (χ4v) is 2.08. The predicted molar refractivity (Wildman–Crippen MR) is 67.5 cm³/mol. The van der Waals surface area contributed by atoms with E-state index in [0.717, 1.165) is 12.3 Å². The minimum absolute atomic E-state index is 0.0807. The van der Waals surface area contributed by atoms with Crippen molar-refractivity contribution in [1.82, 2.24) is 5.32 Å². The topological polar surface area (TPSA) is 46.2 Å². The summed E-state index contributed by atoms with van der Waals surface area (Å²) in [6.07, 6.45) is 0.365. The van der Waals surface area contributed by atoms with Crippen molar-refractivity contribution in [3.05, 3.63) is 0 Å². The molecule has 0 heterocycles. The number of Topliss-reactive ketones (excluding diaryl/α,β-unsaturated/α-hetero) is 2. The lowest BCUT2D eigenvalue weighted by Gasteiger charge is -2.10.